The van der Waals surface area contributed by atoms with Crippen molar-refractivity contribution in [3.05, 3.63) is 0 Å². The Morgan fingerprint density at radius 2 is 2.30 bits per heavy atom. The molecule has 0 N–H and O–H groups in total. The van der Waals surface area contributed by atoms with E-state index in [4.69, 9.17) is 0 Å². The minimum atomic E-state index is 0.0156. The molecule has 0 saturated heterocycles. The highest BCUT2D eigenvalue weighted by Gasteiger charge is 2.09. The summed E-state index contributed by atoms with van der Waals surface area (Å²) in [5.74, 6) is 0.851. The molecule has 3 nitrogen and oxygen atoms in total. The second kappa shape index (κ2) is 2.82. The third-order valence-electron chi connectivity index (χ3n) is 1.72. The summed E-state index contributed by atoms with van der Waals surface area (Å²) in [5.41, 5.74) is 0. The van der Waals surface area contributed by atoms with E-state index in [-0.39, 0.29) is 5.91 Å². The van der Waals surface area contributed by atoms with Crippen LogP contribution in [-0.2, 0) is 4.79 Å². The molecule has 1 aliphatic heterocycles. The quantitative estimate of drug-likeness (QED) is 0.495. The van der Waals surface area contributed by atoms with E-state index < -0.39 is 0 Å². The fourth-order valence-electron chi connectivity index (χ4n) is 0.951. The van der Waals surface area contributed by atoms with Gasteiger partial charge in [0.15, 0.2) is 0 Å². The molecule has 10 heavy (non-hydrogen) atoms. The molecule has 0 aliphatic carbocycles. The largest absolute Gasteiger partial charge is 0.363 e. The van der Waals surface area contributed by atoms with Gasteiger partial charge in [-0.05, 0) is 13.3 Å². The monoisotopic (exact) mass is 140 g/mol. The molecule has 56 valence electrons. The third-order valence-corrected chi connectivity index (χ3v) is 1.72. The summed E-state index contributed by atoms with van der Waals surface area (Å²) in [6.45, 7) is 2.81. The molecule has 1 amide bonds. The van der Waals surface area contributed by atoms with Gasteiger partial charge in [0.1, 0.15) is 5.84 Å². The Bertz CT molecular complexity index is 174. The Morgan fingerprint density at radius 1 is 1.60 bits per heavy atom. The highest BCUT2D eigenvalue weighted by Crippen LogP contribution is 2.02. The van der Waals surface area contributed by atoms with Gasteiger partial charge in [-0.25, -0.2) is 4.99 Å². The van der Waals surface area contributed by atoms with Gasteiger partial charge in [0.25, 0.3) is 0 Å². The molecule has 0 bridgehead atoms. The highest BCUT2D eigenvalue weighted by molar-refractivity contribution is 5.93. The average molecular weight is 140 g/mol. The van der Waals surface area contributed by atoms with Gasteiger partial charge in [-0.2, -0.15) is 0 Å². The zero-order valence-corrected chi connectivity index (χ0v) is 6.42. The van der Waals surface area contributed by atoms with Crippen LogP contribution in [-0.4, -0.2) is 30.2 Å². The van der Waals surface area contributed by atoms with E-state index in [0.717, 1.165) is 18.8 Å². The zero-order chi connectivity index (χ0) is 7.56. The maximum Gasteiger partial charge on any atom is 0.247 e. The van der Waals surface area contributed by atoms with Crippen LogP contribution >= 0.6 is 0 Å². The molecule has 0 spiro atoms. The van der Waals surface area contributed by atoms with Crippen LogP contribution in [0, 0.1) is 0 Å². The van der Waals surface area contributed by atoms with Crippen molar-refractivity contribution in [1.29, 1.82) is 0 Å². The van der Waals surface area contributed by atoms with Crippen molar-refractivity contribution < 1.29 is 4.79 Å². The van der Waals surface area contributed by atoms with Gasteiger partial charge >= 0.3 is 0 Å². The number of aliphatic imine (C=N–C) groups is 1. The Balaban J connectivity index is 2.70. The molecule has 0 radical (unpaired) electrons. The third kappa shape index (κ3) is 1.56. The summed E-state index contributed by atoms with van der Waals surface area (Å²) in [7, 11) is 1.96. The van der Waals surface area contributed by atoms with Gasteiger partial charge in [0.2, 0.25) is 5.91 Å². The number of hydrogen-bond donors (Lipinski definition) is 0. The smallest absolute Gasteiger partial charge is 0.247 e. The molecular weight excluding hydrogens is 128 g/mol. The molecule has 0 aromatic carbocycles. The first-order valence-electron chi connectivity index (χ1n) is 3.49. The van der Waals surface area contributed by atoms with Crippen LogP contribution in [0.2, 0.25) is 0 Å². The van der Waals surface area contributed by atoms with Crippen LogP contribution in [0.1, 0.15) is 19.8 Å². The van der Waals surface area contributed by atoms with Gasteiger partial charge < -0.3 is 4.90 Å². The first kappa shape index (κ1) is 7.25. The van der Waals surface area contributed by atoms with E-state index in [2.05, 4.69) is 4.99 Å². The Labute approximate surface area is 60.7 Å². The van der Waals surface area contributed by atoms with Gasteiger partial charge in [-0.3, -0.25) is 4.79 Å². The Morgan fingerprint density at radius 3 is 3.00 bits per heavy atom. The normalized spacial score (nSPS) is 20.4. The zero-order valence-electron chi connectivity index (χ0n) is 6.42. The van der Waals surface area contributed by atoms with Crippen molar-refractivity contribution in [3.63, 3.8) is 0 Å². The summed E-state index contributed by atoms with van der Waals surface area (Å²) < 4.78 is 0. The minimum absolute atomic E-state index is 0.0156. The number of hydrogen-bond acceptors (Lipinski definition) is 2. The van der Waals surface area contributed by atoms with Crippen LogP contribution in [0.3, 0.4) is 0 Å². The van der Waals surface area contributed by atoms with Crippen LogP contribution < -0.4 is 0 Å². The van der Waals surface area contributed by atoms with Crippen molar-refractivity contribution in [1.82, 2.24) is 4.90 Å². The molecule has 0 unspecified atom stereocenters. The predicted molar refractivity (Wildman–Crippen MR) is 40.0 cm³/mol. The van der Waals surface area contributed by atoms with Gasteiger partial charge in [0.05, 0.1) is 0 Å². The van der Waals surface area contributed by atoms with E-state index in [1.807, 2.05) is 18.9 Å². The number of amidine groups is 1. The second-order valence-corrected chi connectivity index (χ2v) is 2.58. The summed E-state index contributed by atoms with van der Waals surface area (Å²) in [6.07, 6.45) is 1.53. The second-order valence-electron chi connectivity index (χ2n) is 2.58. The number of amides is 1. The van der Waals surface area contributed by atoms with Gasteiger partial charge in [-0.15, -0.1) is 0 Å². The molecule has 0 saturated carbocycles. The van der Waals surface area contributed by atoms with Crippen LogP contribution in [0.25, 0.3) is 0 Å². The molecular formula is C7H12N2O. The van der Waals surface area contributed by atoms with Crippen LogP contribution in [0.5, 0.6) is 0 Å². The summed E-state index contributed by atoms with van der Waals surface area (Å²) >= 11 is 0. The van der Waals surface area contributed by atoms with Crippen molar-refractivity contribution >= 4 is 11.7 Å². The lowest BCUT2D eigenvalue weighted by atomic mass is 10.3. The van der Waals surface area contributed by atoms with Crippen LogP contribution in [0.15, 0.2) is 4.99 Å². The maximum absolute atomic E-state index is 10.8. The minimum Gasteiger partial charge on any atom is -0.363 e. The molecule has 0 aromatic heterocycles. The van der Waals surface area contributed by atoms with E-state index in [1.165, 1.54) is 0 Å². The molecule has 0 fully saturated rings. The number of nitrogens with zero attached hydrogens (tertiary/aromatic N) is 2. The van der Waals surface area contributed by atoms with Crippen molar-refractivity contribution in [2.45, 2.75) is 19.8 Å². The lowest BCUT2D eigenvalue weighted by Crippen LogP contribution is -2.23. The van der Waals surface area contributed by atoms with E-state index in [0.29, 0.717) is 6.42 Å². The average Bonchev–Trinajstić information content (AvgIpc) is 1.96. The lowest BCUT2D eigenvalue weighted by molar-refractivity contribution is -0.117. The Hall–Kier alpha value is -0.860. The number of carbonyl (C=O) groups excluding carboxylic acids is 1. The van der Waals surface area contributed by atoms with Crippen molar-refractivity contribution in [3.8, 4) is 0 Å². The molecule has 0 aromatic rings. The number of carbonyl (C=O) groups is 1. The van der Waals surface area contributed by atoms with E-state index >= 15 is 0 Å². The summed E-state index contributed by atoms with van der Waals surface area (Å²) in [6, 6.07) is 0. The van der Waals surface area contributed by atoms with E-state index in [1.54, 1.807) is 0 Å². The van der Waals surface area contributed by atoms with E-state index in [9.17, 15) is 4.79 Å². The molecule has 1 aliphatic rings. The first-order valence-corrected chi connectivity index (χ1v) is 3.49. The summed E-state index contributed by atoms with van der Waals surface area (Å²) in [4.78, 5) is 16.7. The molecule has 0 atom stereocenters. The fourth-order valence-corrected chi connectivity index (χ4v) is 0.951. The molecule has 3 heteroatoms. The highest BCUT2D eigenvalue weighted by atomic mass is 16.1. The van der Waals surface area contributed by atoms with Crippen molar-refractivity contribution in [2.75, 3.05) is 13.6 Å². The van der Waals surface area contributed by atoms with Crippen LogP contribution in [0.4, 0.5) is 0 Å². The van der Waals surface area contributed by atoms with Gasteiger partial charge in [-0.1, -0.05) is 0 Å². The molecule has 1 heterocycles. The van der Waals surface area contributed by atoms with Crippen molar-refractivity contribution in [2.24, 2.45) is 4.99 Å². The standard InChI is InChI=1S/C7H12N2O/c1-6-8-7(10)4-3-5-9(6)2/h3-5H2,1-2H3. The SMILES string of the molecule is CC1=NC(=O)CCCN1C. The Kier molecular flexibility index (Phi) is 2.04. The van der Waals surface area contributed by atoms with Gasteiger partial charge in [0, 0.05) is 20.0 Å². The fraction of sp³-hybridized carbons (Fsp3) is 0.714. The first-order chi connectivity index (χ1) is 4.70. The topological polar surface area (TPSA) is 32.7 Å². The maximum atomic E-state index is 10.8. The number of rotatable bonds is 0. The lowest BCUT2D eigenvalue weighted by Gasteiger charge is -2.14. The predicted octanol–water partition coefficient (Wildman–Crippen LogP) is 0.657. The summed E-state index contributed by atoms with van der Waals surface area (Å²) in [5, 5.41) is 0. The molecule has 1 rings (SSSR count).